The van der Waals surface area contributed by atoms with E-state index in [0.29, 0.717) is 0 Å². The number of benzene rings is 1. The number of hydrogen-bond acceptors (Lipinski definition) is 4. The highest BCUT2D eigenvalue weighted by Crippen LogP contribution is 2.42. The van der Waals surface area contributed by atoms with Gasteiger partial charge in [0.25, 0.3) is 0 Å². The highest BCUT2D eigenvalue weighted by molar-refractivity contribution is 6.32. The van der Waals surface area contributed by atoms with Crippen molar-refractivity contribution in [3.05, 3.63) is 51.6 Å². The molecule has 0 amide bonds. The molecule has 1 aromatic heterocycles. The van der Waals surface area contributed by atoms with Crippen molar-refractivity contribution in [3.8, 4) is 17.4 Å². The van der Waals surface area contributed by atoms with Gasteiger partial charge in [-0.05, 0) is 18.2 Å². The number of aliphatic carboxylic acids is 1. The minimum atomic E-state index is -4.91. The molecule has 2 aromatic rings. The third-order valence-electron chi connectivity index (χ3n) is 3.35. The summed E-state index contributed by atoms with van der Waals surface area (Å²) in [5.74, 6) is -1.91. The summed E-state index contributed by atoms with van der Waals surface area (Å²) >= 11 is 11.8. The molecular formula is C16H8Cl2F3NO4. The number of rotatable bonds is 3. The van der Waals surface area contributed by atoms with Crippen molar-refractivity contribution in [2.24, 2.45) is 0 Å². The summed E-state index contributed by atoms with van der Waals surface area (Å²) in [7, 11) is 0. The summed E-state index contributed by atoms with van der Waals surface area (Å²) < 4.78 is 49.6. The number of halogens is 5. The topological polar surface area (TPSA) is 68.7 Å². The van der Waals surface area contributed by atoms with Gasteiger partial charge in [-0.25, -0.2) is 9.78 Å². The molecule has 0 spiro atoms. The maximum atomic E-state index is 13.1. The normalized spacial score (nSPS) is 16.3. The monoisotopic (exact) mass is 405 g/mol. The average molecular weight is 406 g/mol. The maximum Gasteiger partial charge on any atom is 0.430 e. The summed E-state index contributed by atoms with van der Waals surface area (Å²) in [5, 5.41) is 9.20. The molecule has 0 saturated heterocycles. The van der Waals surface area contributed by atoms with Crippen LogP contribution in [0.3, 0.4) is 0 Å². The Balaban J connectivity index is 2.01. The zero-order chi connectivity index (χ0) is 19.1. The van der Waals surface area contributed by atoms with E-state index in [-0.39, 0.29) is 33.1 Å². The summed E-state index contributed by atoms with van der Waals surface area (Å²) in [4.78, 5) is 15.0. The van der Waals surface area contributed by atoms with Gasteiger partial charge in [0, 0.05) is 17.7 Å². The predicted molar refractivity (Wildman–Crippen MR) is 86.9 cm³/mol. The van der Waals surface area contributed by atoms with Crippen LogP contribution in [-0.2, 0) is 4.79 Å². The fourth-order valence-corrected chi connectivity index (χ4v) is 2.62. The van der Waals surface area contributed by atoms with Crippen LogP contribution in [0.5, 0.6) is 17.4 Å². The van der Waals surface area contributed by atoms with E-state index in [4.69, 9.17) is 37.8 Å². The SMILES string of the molecule is O=C(O)C1=Cc2cc(Cl)c(Oc3cccc(Cl)n3)cc2O[C@@H]1C(F)(F)F. The second-order valence-electron chi connectivity index (χ2n) is 5.17. The Bertz CT molecular complexity index is 915. The van der Waals surface area contributed by atoms with Crippen LogP contribution in [0.1, 0.15) is 5.56 Å². The molecule has 3 rings (SSSR count). The standard InChI is InChI=1S/C16H8Cl2F3NO4/c17-9-5-7-4-8(15(23)24)14(16(19,20)21)26-10(7)6-11(9)25-13-3-1-2-12(18)22-13/h1-6,14H,(H,23,24)/t14-/m0/s1. The molecule has 10 heteroatoms. The molecule has 5 nitrogen and oxygen atoms in total. The molecule has 26 heavy (non-hydrogen) atoms. The van der Waals surface area contributed by atoms with Crippen molar-refractivity contribution >= 4 is 35.2 Å². The van der Waals surface area contributed by atoms with Crippen molar-refractivity contribution in [1.82, 2.24) is 4.98 Å². The van der Waals surface area contributed by atoms with Crippen molar-refractivity contribution in [1.29, 1.82) is 0 Å². The van der Waals surface area contributed by atoms with Gasteiger partial charge in [0.05, 0.1) is 10.6 Å². The molecule has 0 radical (unpaired) electrons. The zero-order valence-corrected chi connectivity index (χ0v) is 14.1. The molecule has 0 bridgehead atoms. The molecule has 0 unspecified atom stereocenters. The lowest BCUT2D eigenvalue weighted by atomic mass is 10.0. The number of carboxylic acids is 1. The van der Waals surface area contributed by atoms with E-state index in [9.17, 15) is 18.0 Å². The van der Waals surface area contributed by atoms with Crippen molar-refractivity contribution in [2.45, 2.75) is 12.3 Å². The Morgan fingerprint density at radius 1 is 1.27 bits per heavy atom. The number of fused-ring (bicyclic) bond motifs is 1. The number of pyridine rings is 1. The first-order chi connectivity index (χ1) is 12.1. The molecule has 2 heterocycles. The van der Waals surface area contributed by atoms with Crippen LogP contribution < -0.4 is 9.47 Å². The highest BCUT2D eigenvalue weighted by Gasteiger charge is 2.48. The van der Waals surface area contributed by atoms with E-state index in [1.807, 2.05) is 0 Å². The molecule has 1 atom stereocenters. The number of alkyl halides is 3. The fraction of sp³-hybridized carbons (Fsp3) is 0.125. The Labute approximate surface area is 154 Å². The van der Waals surface area contributed by atoms with Crippen LogP contribution in [0.25, 0.3) is 6.08 Å². The summed E-state index contributed by atoms with van der Waals surface area (Å²) in [6.07, 6.45) is -6.64. The minimum Gasteiger partial charge on any atom is -0.478 e. The lowest BCUT2D eigenvalue weighted by molar-refractivity contribution is -0.187. The van der Waals surface area contributed by atoms with E-state index in [1.165, 1.54) is 18.2 Å². The molecule has 0 fully saturated rings. The zero-order valence-electron chi connectivity index (χ0n) is 12.6. The lowest BCUT2D eigenvalue weighted by Crippen LogP contribution is -2.40. The second-order valence-corrected chi connectivity index (χ2v) is 5.96. The third kappa shape index (κ3) is 3.71. The number of nitrogens with zero attached hydrogens (tertiary/aromatic N) is 1. The van der Waals surface area contributed by atoms with E-state index in [2.05, 4.69) is 4.98 Å². The van der Waals surface area contributed by atoms with Gasteiger partial charge in [-0.2, -0.15) is 13.2 Å². The minimum absolute atomic E-state index is 0.0201. The quantitative estimate of drug-likeness (QED) is 0.729. The number of aromatic nitrogens is 1. The molecule has 0 saturated carbocycles. The van der Waals surface area contributed by atoms with Crippen LogP contribution in [0, 0.1) is 0 Å². The fourth-order valence-electron chi connectivity index (χ4n) is 2.25. The predicted octanol–water partition coefficient (Wildman–Crippen LogP) is 4.97. The number of carboxylic acid groups (broad SMARTS) is 1. The molecule has 1 aromatic carbocycles. The maximum absolute atomic E-state index is 13.1. The molecular weight excluding hydrogens is 398 g/mol. The summed E-state index contributed by atoms with van der Waals surface area (Å²) in [5.41, 5.74) is -0.856. The molecule has 136 valence electrons. The summed E-state index contributed by atoms with van der Waals surface area (Å²) in [6, 6.07) is 6.93. The van der Waals surface area contributed by atoms with Gasteiger partial charge in [-0.3, -0.25) is 0 Å². The first kappa shape index (κ1) is 18.3. The molecule has 0 aliphatic carbocycles. The lowest BCUT2D eigenvalue weighted by Gasteiger charge is -2.27. The van der Waals surface area contributed by atoms with E-state index < -0.39 is 23.8 Å². The van der Waals surface area contributed by atoms with Crippen LogP contribution >= 0.6 is 23.2 Å². The number of hydrogen-bond donors (Lipinski definition) is 1. The Morgan fingerprint density at radius 3 is 2.62 bits per heavy atom. The van der Waals surface area contributed by atoms with Crippen LogP contribution in [0.15, 0.2) is 35.9 Å². The van der Waals surface area contributed by atoms with Gasteiger partial charge in [-0.1, -0.05) is 29.3 Å². The van der Waals surface area contributed by atoms with Crippen LogP contribution in [-0.4, -0.2) is 28.3 Å². The first-order valence-electron chi connectivity index (χ1n) is 6.97. The highest BCUT2D eigenvalue weighted by atomic mass is 35.5. The van der Waals surface area contributed by atoms with Crippen LogP contribution in [0.4, 0.5) is 13.2 Å². The van der Waals surface area contributed by atoms with Crippen molar-refractivity contribution < 1.29 is 32.5 Å². The Kier molecular flexibility index (Phi) is 4.72. The van der Waals surface area contributed by atoms with Gasteiger partial charge in [0.15, 0.2) is 5.75 Å². The van der Waals surface area contributed by atoms with E-state index in [1.54, 1.807) is 6.07 Å². The number of ether oxygens (including phenoxy) is 2. The largest absolute Gasteiger partial charge is 0.478 e. The molecule has 1 N–H and O–H groups in total. The van der Waals surface area contributed by atoms with Crippen LogP contribution in [0.2, 0.25) is 10.2 Å². The van der Waals surface area contributed by atoms with E-state index >= 15 is 0 Å². The van der Waals surface area contributed by atoms with Gasteiger partial charge in [-0.15, -0.1) is 0 Å². The smallest absolute Gasteiger partial charge is 0.430 e. The number of carbonyl (C=O) groups is 1. The van der Waals surface area contributed by atoms with Gasteiger partial charge >= 0.3 is 12.1 Å². The molecule has 1 aliphatic heterocycles. The second kappa shape index (κ2) is 6.69. The van der Waals surface area contributed by atoms with Gasteiger partial charge in [0.1, 0.15) is 10.9 Å². The van der Waals surface area contributed by atoms with Gasteiger partial charge in [0.2, 0.25) is 12.0 Å². The van der Waals surface area contributed by atoms with Crippen molar-refractivity contribution in [3.63, 3.8) is 0 Å². The third-order valence-corrected chi connectivity index (χ3v) is 3.86. The molecule has 1 aliphatic rings. The average Bonchev–Trinajstić information content (AvgIpc) is 2.53. The van der Waals surface area contributed by atoms with E-state index in [0.717, 1.165) is 12.1 Å². The Hall–Kier alpha value is -2.45. The first-order valence-corrected chi connectivity index (χ1v) is 7.73. The van der Waals surface area contributed by atoms with Gasteiger partial charge < -0.3 is 14.6 Å². The Morgan fingerprint density at radius 2 is 2.00 bits per heavy atom. The summed E-state index contributed by atoms with van der Waals surface area (Å²) in [6.45, 7) is 0. The van der Waals surface area contributed by atoms with Crippen molar-refractivity contribution in [2.75, 3.05) is 0 Å².